The number of nitrogens with zero attached hydrogens (tertiary/aromatic N) is 3. The molecule has 0 radical (unpaired) electrons. The van der Waals surface area contributed by atoms with Gasteiger partial charge in [0.05, 0.1) is 12.7 Å². The third-order valence-corrected chi connectivity index (χ3v) is 5.12. The first-order valence-electron chi connectivity index (χ1n) is 8.51. The van der Waals surface area contributed by atoms with E-state index in [0.29, 0.717) is 6.54 Å². The van der Waals surface area contributed by atoms with Crippen LogP contribution in [-0.4, -0.2) is 15.7 Å². The zero-order valence-corrected chi connectivity index (χ0v) is 14.8. The quantitative estimate of drug-likeness (QED) is 0.680. The second-order valence-corrected chi connectivity index (χ2v) is 6.74. The summed E-state index contributed by atoms with van der Waals surface area (Å²) < 4.78 is 1.91. The van der Waals surface area contributed by atoms with Crippen LogP contribution in [-0.2, 0) is 20.0 Å². The highest BCUT2D eigenvalue weighted by Crippen LogP contribution is 2.31. The number of para-hydroxylation sites is 1. The third kappa shape index (κ3) is 2.64. The van der Waals surface area contributed by atoms with Gasteiger partial charge < -0.3 is 4.90 Å². The SMILES string of the molecule is Cc1ccc(C(=O)N2Cc3cnn(C)c3Cc3ccccc32)cc1C. The predicted molar refractivity (Wildman–Crippen MR) is 98.9 cm³/mol. The van der Waals surface area contributed by atoms with Crippen LogP contribution in [0, 0.1) is 13.8 Å². The Morgan fingerprint density at radius 1 is 1.04 bits per heavy atom. The van der Waals surface area contributed by atoms with E-state index in [4.69, 9.17) is 0 Å². The Morgan fingerprint density at radius 2 is 1.84 bits per heavy atom. The number of aryl methyl sites for hydroxylation is 3. The first-order chi connectivity index (χ1) is 12.0. The van der Waals surface area contributed by atoms with Crippen molar-refractivity contribution in [2.45, 2.75) is 26.8 Å². The monoisotopic (exact) mass is 331 g/mol. The lowest BCUT2D eigenvalue weighted by molar-refractivity contribution is 0.0985. The van der Waals surface area contributed by atoms with Crippen LogP contribution in [0.15, 0.2) is 48.7 Å². The second kappa shape index (κ2) is 5.88. The van der Waals surface area contributed by atoms with E-state index in [1.54, 1.807) is 0 Å². The second-order valence-electron chi connectivity index (χ2n) is 6.74. The minimum Gasteiger partial charge on any atom is -0.304 e. The van der Waals surface area contributed by atoms with Crippen molar-refractivity contribution in [3.63, 3.8) is 0 Å². The van der Waals surface area contributed by atoms with E-state index in [-0.39, 0.29) is 5.91 Å². The van der Waals surface area contributed by atoms with Gasteiger partial charge in [0.25, 0.3) is 5.91 Å². The van der Waals surface area contributed by atoms with Crippen LogP contribution in [0.1, 0.15) is 38.3 Å². The lowest BCUT2D eigenvalue weighted by atomic mass is 10.0. The van der Waals surface area contributed by atoms with Gasteiger partial charge in [0.15, 0.2) is 0 Å². The summed E-state index contributed by atoms with van der Waals surface area (Å²) in [5.74, 6) is 0.0345. The predicted octanol–water partition coefficient (Wildman–Crippen LogP) is 3.79. The van der Waals surface area contributed by atoms with E-state index < -0.39 is 0 Å². The summed E-state index contributed by atoms with van der Waals surface area (Å²) in [4.78, 5) is 15.2. The Morgan fingerprint density at radius 3 is 2.64 bits per heavy atom. The van der Waals surface area contributed by atoms with Gasteiger partial charge in [-0.2, -0.15) is 5.10 Å². The van der Waals surface area contributed by atoms with Gasteiger partial charge in [-0.05, 0) is 48.7 Å². The molecule has 4 rings (SSSR count). The highest BCUT2D eigenvalue weighted by Gasteiger charge is 2.26. The number of fused-ring (bicyclic) bond motifs is 2. The maximum absolute atomic E-state index is 13.3. The molecule has 126 valence electrons. The van der Waals surface area contributed by atoms with Crippen LogP contribution in [0.2, 0.25) is 0 Å². The lowest BCUT2D eigenvalue weighted by Gasteiger charge is -2.23. The van der Waals surface area contributed by atoms with Crippen molar-refractivity contribution in [2.24, 2.45) is 7.05 Å². The Labute approximate surface area is 147 Å². The summed E-state index contributed by atoms with van der Waals surface area (Å²) in [6, 6.07) is 14.1. The van der Waals surface area contributed by atoms with E-state index in [2.05, 4.69) is 18.1 Å². The molecule has 2 aromatic carbocycles. The van der Waals surface area contributed by atoms with Gasteiger partial charge in [-0.1, -0.05) is 24.3 Å². The number of carbonyl (C=O) groups excluding carboxylic acids is 1. The van der Waals surface area contributed by atoms with Crippen molar-refractivity contribution in [3.8, 4) is 0 Å². The summed E-state index contributed by atoms with van der Waals surface area (Å²) in [6.45, 7) is 4.65. The van der Waals surface area contributed by atoms with Crippen molar-refractivity contribution in [1.29, 1.82) is 0 Å². The zero-order valence-electron chi connectivity index (χ0n) is 14.8. The normalized spacial score (nSPS) is 13.2. The molecule has 0 aliphatic carbocycles. The van der Waals surface area contributed by atoms with E-state index in [1.807, 2.05) is 66.1 Å². The number of amides is 1. The summed E-state index contributed by atoms with van der Waals surface area (Å²) in [5.41, 5.74) is 7.48. The summed E-state index contributed by atoms with van der Waals surface area (Å²) in [7, 11) is 1.96. The molecule has 1 amide bonds. The van der Waals surface area contributed by atoms with Crippen LogP contribution in [0.3, 0.4) is 0 Å². The van der Waals surface area contributed by atoms with Crippen LogP contribution in [0.4, 0.5) is 5.69 Å². The molecular formula is C21H21N3O. The first-order valence-corrected chi connectivity index (χ1v) is 8.51. The average Bonchev–Trinajstić information content (AvgIpc) is 2.86. The van der Waals surface area contributed by atoms with Crippen molar-refractivity contribution in [2.75, 3.05) is 4.90 Å². The van der Waals surface area contributed by atoms with Crippen molar-refractivity contribution in [1.82, 2.24) is 9.78 Å². The van der Waals surface area contributed by atoms with Crippen molar-refractivity contribution in [3.05, 3.63) is 82.2 Å². The fourth-order valence-electron chi connectivity index (χ4n) is 3.44. The fraction of sp³-hybridized carbons (Fsp3) is 0.238. The minimum atomic E-state index is 0.0345. The fourth-order valence-corrected chi connectivity index (χ4v) is 3.44. The van der Waals surface area contributed by atoms with E-state index in [1.165, 1.54) is 11.3 Å². The molecule has 0 bridgehead atoms. The molecule has 4 heteroatoms. The molecule has 2 heterocycles. The molecule has 0 spiro atoms. The van der Waals surface area contributed by atoms with Gasteiger partial charge in [-0.3, -0.25) is 9.48 Å². The number of rotatable bonds is 1. The number of hydrogen-bond acceptors (Lipinski definition) is 2. The highest BCUT2D eigenvalue weighted by molar-refractivity contribution is 6.06. The topological polar surface area (TPSA) is 38.1 Å². The summed E-state index contributed by atoms with van der Waals surface area (Å²) in [6.07, 6.45) is 2.67. The molecule has 0 fully saturated rings. The maximum atomic E-state index is 13.3. The van der Waals surface area contributed by atoms with Gasteiger partial charge in [0.1, 0.15) is 0 Å². The van der Waals surface area contributed by atoms with E-state index in [0.717, 1.165) is 34.4 Å². The summed E-state index contributed by atoms with van der Waals surface area (Å²) >= 11 is 0. The largest absolute Gasteiger partial charge is 0.304 e. The Bertz CT molecular complexity index is 971. The molecule has 25 heavy (non-hydrogen) atoms. The van der Waals surface area contributed by atoms with Gasteiger partial charge >= 0.3 is 0 Å². The Kier molecular flexibility index (Phi) is 3.68. The van der Waals surface area contributed by atoms with Crippen molar-refractivity contribution < 1.29 is 4.79 Å². The molecule has 1 aliphatic rings. The van der Waals surface area contributed by atoms with Crippen molar-refractivity contribution >= 4 is 11.6 Å². The summed E-state index contributed by atoms with van der Waals surface area (Å²) in [5, 5.41) is 4.38. The Balaban J connectivity index is 1.82. The average molecular weight is 331 g/mol. The number of hydrogen-bond donors (Lipinski definition) is 0. The zero-order chi connectivity index (χ0) is 17.6. The molecule has 1 aromatic heterocycles. The van der Waals surface area contributed by atoms with Crippen LogP contribution in [0.5, 0.6) is 0 Å². The standard InChI is InChI=1S/C21H21N3O/c1-14-8-9-17(10-15(14)2)21(25)24-13-18-12-22-23(3)20(18)11-16-6-4-5-7-19(16)24/h4-10,12H,11,13H2,1-3H3. The highest BCUT2D eigenvalue weighted by atomic mass is 16.2. The van der Waals surface area contributed by atoms with Gasteiger partial charge in [0.2, 0.25) is 0 Å². The van der Waals surface area contributed by atoms with Gasteiger partial charge in [-0.15, -0.1) is 0 Å². The molecule has 1 aliphatic heterocycles. The van der Waals surface area contributed by atoms with Crippen LogP contribution < -0.4 is 4.90 Å². The first kappa shape index (κ1) is 15.6. The molecule has 0 saturated carbocycles. The molecule has 0 N–H and O–H groups in total. The third-order valence-electron chi connectivity index (χ3n) is 5.12. The van der Waals surface area contributed by atoms with Crippen LogP contribution >= 0.6 is 0 Å². The number of benzene rings is 2. The van der Waals surface area contributed by atoms with Gasteiger partial charge in [-0.25, -0.2) is 0 Å². The van der Waals surface area contributed by atoms with Gasteiger partial charge in [0, 0.05) is 36.0 Å². The molecular weight excluding hydrogens is 310 g/mol. The van der Waals surface area contributed by atoms with E-state index in [9.17, 15) is 4.79 Å². The minimum absolute atomic E-state index is 0.0345. The van der Waals surface area contributed by atoms with Crippen LogP contribution in [0.25, 0.3) is 0 Å². The molecule has 0 saturated heterocycles. The molecule has 0 atom stereocenters. The molecule has 4 nitrogen and oxygen atoms in total. The number of aromatic nitrogens is 2. The molecule has 0 unspecified atom stereocenters. The number of carbonyl (C=O) groups is 1. The lowest BCUT2D eigenvalue weighted by Crippen LogP contribution is -2.30. The smallest absolute Gasteiger partial charge is 0.258 e. The van der Waals surface area contributed by atoms with E-state index >= 15 is 0 Å². The number of anilines is 1. The molecule has 3 aromatic rings. The maximum Gasteiger partial charge on any atom is 0.258 e. The Hall–Kier alpha value is -2.88.